The molecule has 0 heterocycles. The lowest BCUT2D eigenvalue weighted by Gasteiger charge is -2.07. The Morgan fingerprint density at radius 3 is 1.41 bits per heavy atom. The Morgan fingerprint density at radius 2 is 1.09 bits per heavy atom. The van der Waals surface area contributed by atoms with E-state index in [2.05, 4.69) is 0 Å². The number of carbonyl (C=O) groups is 1. The molecule has 0 radical (unpaired) electrons. The highest BCUT2D eigenvalue weighted by molar-refractivity contribution is 6.18. The van der Waals surface area contributed by atoms with E-state index in [0.717, 1.165) is 24.0 Å². The summed E-state index contributed by atoms with van der Waals surface area (Å²) in [5.41, 5.74) is 2.18. The van der Waals surface area contributed by atoms with Crippen LogP contribution in [0.3, 0.4) is 0 Å². The Morgan fingerprint density at radius 1 is 0.727 bits per heavy atom. The largest absolute Gasteiger partial charge is 0.519 e. The molecular weight excluding hydrogens is 323 g/mol. The smallest absolute Gasteiger partial charge is 0.395 e. The zero-order chi connectivity index (χ0) is 15.8. The summed E-state index contributed by atoms with van der Waals surface area (Å²) >= 11 is 11.3. The lowest BCUT2D eigenvalue weighted by atomic mass is 10.2. The maximum atomic E-state index is 11.7. The number of halogens is 2. The van der Waals surface area contributed by atoms with Crippen molar-refractivity contribution in [2.75, 3.05) is 11.8 Å². The average Bonchev–Trinajstić information content (AvgIpc) is 2.52. The predicted octanol–water partition coefficient (Wildman–Crippen LogP) is 4.83. The van der Waals surface area contributed by atoms with Crippen molar-refractivity contribution >= 4 is 29.4 Å². The van der Waals surface area contributed by atoms with Crippen LogP contribution in [-0.4, -0.2) is 17.9 Å². The molecule has 22 heavy (non-hydrogen) atoms. The average molecular weight is 339 g/mol. The van der Waals surface area contributed by atoms with E-state index < -0.39 is 6.16 Å². The van der Waals surface area contributed by atoms with Gasteiger partial charge in [0.05, 0.1) is 0 Å². The minimum absolute atomic E-state index is 0.432. The van der Waals surface area contributed by atoms with Crippen molar-refractivity contribution in [2.45, 2.75) is 12.8 Å². The van der Waals surface area contributed by atoms with Crippen LogP contribution in [-0.2, 0) is 12.8 Å². The molecule has 0 atom stereocenters. The maximum absolute atomic E-state index is 11.7. The van der Waals surface area contributed by atoms with E-state index in [1.165, 1.54) is 0 Å². The van der Waals surface area contributed by atoms with Crippen LogP contribution in [0.25, 0.3) is 0 Å². The van der Waals surface area contributed by atoms with Gasteiger partial charge in [-0.2, -0.15) is 0 Å². The molecule has 0 saturated carbocycles. The topological polar surface area (TPSA) is 35.5 Å². The second-order valence-corrected chi connectivity index (χ2v) is 5.38. The molecule has 0 aliphatic rings. The molecule has 0 amide bonds. The van der Waals surface area contributed by atoms with Gasteiger partial charge < -0.3 is 9.47 Å². The standard InChI is InChI=1S/C17H16Cl2O3/c18-11-9-13-1-5-15(6-2-13)21-17(20)22-16-7-3-14(4-8-16)10-12-19/h1-8H,9-12H2. The van der Waals surface area contributed by atoms with E-state index in [4.69, 9.17) is 32.7 Å². The van der Waals surface area contributed by atoms with Gasteiger partial charge in [-0.15, -0.1) is 23.2 Å². The van der Waals surface area contributed by atoms with Crippen LogP contribution in [0.5, 0.6) is 11.5 Å². The predicted molar refractivity (Wildman–Crippen MR) is 88.4 cm³/mol. The number of hydrogen-bond acceptors (Lipinski definition) is 3. The number of aryl methyl sites for hydroxylation is 2. The lowest BCUT2D eigenvalue weighted by molar-refractivity contribution is 0.152. The van der Waals surface area contributed by atoms with Crippen molar-refractivity contribution in [3.63, 3.8) is 0 Å². The van der Waals surface area contributed by atoms with Crippen LogP contribution in [0.2, 0.25) is 0 Å². The van der Waals surface area contributed by atoms with Gasteiger partial charge in [-0.1, -0.05) is 24.3 Å². The van der Waals surface area contributed by atoms with Crippen molar-refractivity contribution in [1.29, 1.82) is 0 Å². The summed E-state index contributed by atoms with van der Waals surface area (Å²) in [7, 11) is 0. The van der Waals surface area contributed by atoms with Gasteiger partial charge in [0.1, 0.15) is 11.5 Å². The third kappa shape index (κ3) is 5.24. The molecule has 0 spiro atoms. The summed E-state index contributed by atoms with van der Waals surface area (Å²) in [6.45, 7) is 0. The fourth-order valence-corrected chi connectivity index (χ4v) is 2.32. The van der Waals surface area contributed by atoms with E-state index >= 15 is 0 Å². The fraction of sp³-hybridized carbons (Fsp3) is 0.235. The Balaban J connectivity index is 1.89. The van der Waals surface area contributed by atoms with Gasteiger partial charge in [0.15, 0.2) is 0 Å². The van der Waals surface area contributed by atoms with E-state index in [9.17, 15) is 4.79 Å². The molecular formula is C17H16Cl2O3. The first-order valence-corrected chi connectivity index (χ1v) is 7.97. The molecule has 0 fully saturated rings. The lowest BCUT2D eigenvalue weighted by Crippen LogP contribution is -2.13. The number of benzene rings is 2. The van der Waals surface area contributed by atoms with Crippen LogP contribution in [0.1, 0.15) is 11.1 Å². The zero-order valence-electron chi connectivity index (χ0n) is 11.9. The number of ether oxygens (including phenoxy) is 2. The number of alkyl halides is 2. The summed E-state index contributed by atoms with van der Waals surface area (Å²) in [5.74, 6) is 1.98. The third-order valence-electron chi connectivity index (χ3n) is 3.02. The number of hydrogen-bond donors (Lipinski definition) is 0. The molecule has 0 saturated heterocycles. The molecule has 2 aromatic rings. The van der Waals surface area contributed by atoms with Crippen molar-refractivity contribution in [3.8, 4) is 11.5 Å². The highest BCUT2D eigenvalue weighted by Crippen LogP contribution is 2.16. The van der Waals surface area contributed by atoms with E-state index in [0.29, 0.717) is 23.3 Å². The third-order valence-corrected chi connectivity index (χ3v) is 3.39. The minimum atomic E-state index is -0.768. The highest BCUT2D eigenvalue weighted by atomic mass is 35.5. The summed E-state index contributed by atoms with van der Waals surface area (Å²) < 4.78 is 10.2. The second kappa shape index (κ2) is 8.66. The van der Waals surface area contributed by atoms with Gasteiger partial charge in [0.25, 0.3) is 0 Å². The van der Waals surface area contributed by atoms with Crippen LogP contribution in [0.15, 0.2) is 48.5 Å². The Bertz CT molecular complexity index is 541. The molecule has 0 aliphatic heterocycles. The van der Waals surface area contributed by atoms with Crippen molar-refractivity contribution in [1.82, 2.24) is 0 Å². The minimum Gasteiger partial charge on any atom is -0.395 e. The first kappa shape index (κ1) is 16.7. The molecule has 3 nitrogen and oxygen atoms in total. The monoisotopic (exact) mass is 338 g/mol. The van der Waals surface area contributed by atoms with Gasteiger partial charge >= 0.3 is 6.16 Å². The Kier molecular flexibility index (Phi) is 6.56. The molecule has 0 aromatic heterocycles. The SMILES string of the molecule is O=C(Oc1ccc(CCCl)cc1)Oc1ccc(CCCl)cc1. The van der Waals surface area contributed by atoms with Crippen LogP contribution >= 0.6 is 23.2 Å². The molecule has 0 bridgehead atoms. The zero-order valence-corrected chi connectivity index (χ0v) is 13.4. The van der Waals surface area contributed by atoms with Gasteiger partial charge in [-0.05, 0) is 48.2 Å². The quantitative estimate of drug-likeness (QED) is 0.430. The number of carbonyl (C=O) groups excluding carboxylic acids is 1. The van der Waals surface area contributed by atoms with Crippen molar-refractivity contribution in [3.05, 3.63) is 59.7 Å². The van der Waals surface area contributed by atoms with Crippen LogP contribution in [0, 0.1) is 0 Å². The van der Waals surface area contributed by atoms with E-state index in [1.807, 2.05) is 24.3 Å². The molecule has 5 heteroatoms. The summed E-state index contributed by atoms with van der Waals surface area (Å²) in [6, 6.07) is 14.3. The Hall–Kier alpha value is -1.71. The van der Waals surface area contributed by atoms with Gasteiger partial charge in [0, 0.05) is 11.8 Å². The normalized spacial score (nSPS) is 10.3. The van der Waals surface area contributed by atoms with Crippen LogP contribution < -0.4 is 9.47 Å². The fourth-order valence-electron chi connectivity index (χ4n) is 1.88. The van der Waals surface area contributed by atoms with Gasteiger partial charge in [-0.3, -0.25) is 0 Å². The van der Waals surface area contributed by atoms with Gasteiger partial charge in [-0.25, -0.2) is 4.79 Å². The molecule has 0 unspecified atom stereocenters. The van der Waals surface area contributed by atoms with Crippen molar-refractivity contribution in [2.24, 2.45) is 0 Å². The van der Waals surface area contributed by atoms with Crippen LogP contribution in [0.4, 0.5) is 4.79 Å². The maximum Gasteiger partial charge on any atom is 0.519 e. The van der Waals surface area contributed by atoms with E-state index in [1.54, 1.807) is 24.3 Å². The summed E-state index contributed by atoms with van der Waals surface area (Å²) in [5, 5.41) is 0. The van der Waals surface area contributed by atoms with Gasteiger partial charge in [0.2, 0.25) is 0 Å². The molecule has 2 aromatic carbocycles. The molecule has 0 N–H and O–H groups in total. The second-order valence-electron chi connectivity index (χ2n) is 4.62. The molecule has 116 valence electrons. The number of rotatable bonds is 6. The first-order valence-electron chi connectivity index (χ1n) is 6.90. The first-order chi connectivity index (χ1) is 10.7. The summed E-state index contributed by atoms with van der Waals surface area (Å²) in [6.07, 6.45) is 0.789. The molecule has 2 rings (SSSR count). The highest BCUT2D eigenvalue weighted by Gasteiger charge is 2.08. The molecule has 0 aliphatic carbocycles. The summed E-state index contributed by atoms with van der Waals surface area (Å²) in [4.78, 5) is 11.7. The Labute approximate surface area is 139 Å². The van der Waals surface area contributed by atoms with E-state index in [-0.39, 0.29) is 0 Å². The van der Waals surface area contributed by atoms with Crippen molar-refractivity contribution < 1.29 is 14.3 Å².